The molecular formula is C14H22O2. The Hall–Kier alpha value is -0.890. The van der Waals surface area contributed by atoms with E-state index in [1.165, 1.54) is 11.1 Å². The lowest BCUT2D eigenvalue weighted by molar-refractivity contribution is -0.126. The topological polar surface area (TPSA) is 37.3 Å². The van der Waals surface area contributed by atoms with Crippen molar-refractivity contribution in [3.63, 3.8) is 0 Å². The number of aliphatic hydroxyl groups excluding tert-OH is 1. The molecule has 1 atom stereocenters. The standard InChI is InChI=1S/C14H22O2/c1-5-11(15)7-8-12-10(2)6-9-13(16)14(12,3)4/h5,11,15H,1,6-9H2,2-4H3. The predicted octanol–water partition coefficient (Wildman–Crippen LogP) is 3.02. The van der Waals surface area contributed by atoms with Crippen LogP contribution in [0.4, 0.5) is 0 Å². The van der Waals surface area contributed by atoms with E-state index in [0.29, 0.717) is 18.6 Å². The van der Waals surface area contributed by atoms with E-state index < -0.39 is 6.10 Å². The number of aliphatic hydroxyl groups is 1. The van der Waals surface area contributed by atoms with Crippen LogP contribution >= 0.6 is 0 Å². The third kappa shape index (κ3) is 2.62. The van der Waals surface area contributed by atoms with Crippen molar-refractivity contribution < 1.29 is 9.90 Å². The highest BCUT2D eigenvalue weighted by atomic mass is 16.3. The van der Waals surface area contributed by atoms with E-state index in [1.807, 2.05) is 13.8 Å². The summed E-state index contributed by atoms with van der Waals surface area (Å²) in [5.74, 6) is 0.321. The Balaban J connectivity index is 2.82. The second kappa shape index (κ2) is 4.96. The van der Waals surface area contributed by atoms with Crippen LogP contribution in [0.1, 0.15) is 46.5 Å². The molecule has 0 aromatic rings. The molecule has 90 valence electrons. The molecule has 1 aliphatic rings. The fraction of sp³-hybridized carbons (Fsp3) is 0.643. The highest BCUT2D eigenvalue weighted by Crippen LogP contribution is 2.40. The molecular weight excluding hydrogens is 200 g/mol. The molecule has 0 aliphatic heterocycles. The van der Waals surface area contributed by atoms with Crippen molar-refractivity contribution in [3.05, 3.63) is 23.8 Å². The summed E-state index contributed by atoms with van der Waals surface area (Å²) in [4.78, 5) is 11.9. The van der Waals surface area contributed by atoms with Crippen molar-refractivity contribution in [3.8, 4) is 0 Å². The van der Waals surface area contributed by atoms with Crippen LogP contribution in [-0.2, 0) is 4.79 Å². The molecule has 0 radical (unpaired) electrons. The molecule has 0 bridgehead atoms. The Morgan fingerprint density at radius 3 is 2.69 bits per heavy atom. The van der Waals surface area contributed by atoms with Gasteiger partial charge in [0.05, 0.1) is 6.10 Å². The van der Waals surface area contributed by atoms with Crippen LogP contribution in [0.25, 0.3) is 0 Å². The SMILES string of the molecule is C=CC(O)CCC1=C(C)CCC(=O)C1(C)C. The quantitative estimate of drug-likeness (QED) is 0.742. The number of hydrogen-bond donors (Lipinski definition) is 1. The van der Waals surface area contributed by atoms with E-state index in [0.717, 1.165) is 12.8 Å². The highest BCUT2D eigenvalue weighted by molar-refractivity contribution is 5.88. The number of allylic oxidation sites excluding steroid dienone is 2. The molecule has 0 saturated heterocycles. The van der Waals surface area contributed by atoms with Gasteiger partial charge < -0.3 is 5.11 Å². The Labute approximate surface area is 98.1 Å². The van der Waals surface area contributed by atoms with E-state index in [1.54, 1.807) is 6.08 Å². The summed E-state index contributed by atoms with van der Waals surface area (Å²) < 4.78 is 0. The van der Waals surface area contributed by atoms with Gasteiger partial charge in [0.25, 0.3) is 0 Å². The molecule has 16 heavy (non-hydrogen) atoms. The van der Waals surface area contributed by atoms with Gasteiger partial charge in [0, 0.05) is 11.8 Å². The molecule has 0 spiro atoms. The average molecular weight is 222 g/mol. The van der Waals surface area contributed by atoms with Crippen LogP contribution in [0.5, 0.6) is 0 Å². The number of rotatable bonds is 4. The van der Waals surface area contributed by atoms with Crippen molar-refractivity contribution in [2.45, 2.75) is 52.6 Å². The van der Waals surface area contributed by atoms with Crippen LogP contribution < -0.4 is 0 Å². The van der Waals surface area contributed by atoms with Crippen molar-refractivity contribution >= 4 is 5.78 Å². The van der Waals surface area contributed by atoms with Gasteiger partial charge in [0.15, 0.2) is 0 Å². The monoisotopic (exact) mass is 222 g/mol. The van der Waals surface area contributed by atoms with Crippen LogP contribution in [-0.4, -0.2) is 17.0 Å². The second-order valence-electron chi connectivity index (χ2n) is 5.15. The fourth-order valence-corrected chi connectivity index (χ4v) is 2.40. The summed E-state index contributed by atoms with van der Waals surface area (Å²) in [6.07, 6.45) is 4.07. The zero-order valence-corrected chi connectivity index (χ0v) is 10.5. The van der Waals surface area contributed by atoms with Gasteiger partial charge in [-0.2, -0.15) is 0 Å². The fourth-order valence-electron chi connectivity index (χ4n) is 2.40. The van der Waals surface area contributed by atoms with E-state index in [-0.39, 0.29) is 5.41 Å². The minimum Gasteiger partial charge on any atom is -0.389 e. The summed E-state index contributed by atoms with van der Waals surface area (Å²) in [5.41, 5.74) is 2.19. The number of carbonyl (C=O) groups excluding carboxylic acids is 1. The van der Waals surface area contributed by atoms with E-state index in [2.05, 4.69) is 13.5 Å². The Morgan fingerprint density at radius 2 is 2.12 bits per heavy atom. The zero-order valence-electron chi connectivity index (χ0n) is 10.5. The first kappa shape index (κ1) is 13.2. The van der Waals surface area contributed by atoms with Crippen molar-refractivity contribution in [2.75, 3.05) is 0 Å². The van der Waals surface area contributed by atoms with Gasteiger partial charge in [0.2, 0.25) is 0 Å². The summed E-state index contributed by atoms with van der Waals surface area (Å²) in [6.45, 7) is 9.65. The lowest BCUT2D eigenvalue weighted by atomic mass is 9.70. The first-order valence-electron chi connectivity index (χ1n) is 5.92. The summed E-state index contributed by atoms with van der Waals surface area (Å²) in [7, 11) is 0. The highest BCUT2D eigenvalue weighted by Gasteiger charge is 2.35. The largest absolute Gasteiger partial charge is 0.389 e. The average Bonchev–Trinajstić information content (AvgIpc) is 2.23. The van der Waals surface area contributed by atoms with Crippen molar-refractivity contribution in [1.29, 1.82) is 0 Å². The van der Waals surface area contributed by atoms with Gasteiger partial charge in [0.1, 0.15) is 5.78 Å². The summed E-state index contributed by atoms with van der Waals surface area (Å²) >= 11 is 0. The molecule has 1 rings (SSSR count). The minimum atomic E-state index is -0.465. The molecule has 1 N–H and O–H groups in total. The molecule has 0 heterocycles. The molecule has 2 heteroatoms. The first-order chi connectivity index (χ1) is 7.39. The van der Waals surface area contributed by atoms with Gasteiger partial charge in [-0.05, 0) is 40.0 Å². The van der Waals surface area contributed by atoms with Crippen LogP contribution in [0, 0.1) is 5.41 Å². The third-order valence-corrected chi connectivity index (χ3v) is 3.66. The van der Waals surface area contributed by atoms with Gasteiger partial charge in [-0.15, -0.1) is 6.58 Å². The summed E-state index contributed by atoms with van der Waals surface area (Å²) in [6, 6.07) is 0. The smallest absolute Gasteiger partial charge is 0.142 e. The van der Waals surface area contributed by atoms with Crippen molar-refractivity contribution in [2.24, 2.45) is 5.41 Å². The Kier molecular flexibility index (Phi) is 4.09. The Morgan fingerprint density at radius 1 is 1.50 bits per heavy atom. The van der Waals surface area contributed by atoms with E-state index in [4.69, 9.17) is 0 Å². The third-order valence-electron chi connectivity index (χ3n) is 3.66. The maximum atomic E-state index is 11.9. The number of hydrogen-bond acceptors (Lipinski definition) is 2. The molecule has 0 saturated carbocycles. The molecule has 0 amide bonds. The second-order valence-corrected chi connectivity index (χ2v) is 5.15. The molecule has 0 aromatic heterocycles. The Bertz CT molecular complexity index is 324. The van der Waals surface area contributed by atoms with Gasteiger partial charge in [-0.3, -0.25) is 4.79 Å². The molecule has 1 aliphatic carbocycles. The maximum absolute atomic E-state index is 11.9. The minimum absolute atomic E-state index is 0.321. The number of Topliss-reactive ketones (excluding diaryl/α,β-unsaturated/α-hetero) is 1. The maximum Gasteiger partial charge on any atom is 0.142 e. The number of carbonyl (C=O) groups is 1. The van der Waals surface area contributed by atoms with Crippen LogP contribution in [0.2, 0.25) is 0 Å². The first-order valence-corrected chi connectivity index (χ1v) is 5.92. The van der Waals surface area contributed by atoms with Crippen molar-refractivity contribution in [1.82, 2.24) is 0 Å². The lowest BCUT2D eigenvalue weighted by Gasteiger charge is -2.33. The lowest BCUT2D eigenvalue weighted by Crippen LogP contribution is -2.31. The van der Waals surface area contributed by atoms with Gasteiger partial charge in [-0.1, -0.05) is 17.2 Å². The van der Waals surface area contributed by atoms with Gasteiger partial charge in [-0.25, -0.2) is 0 Å². The molecule has 2 nitrogen and oxygen atoms in total. The molecule has 0 fully saturated rings. The summed E-state index contributed by atoms with van der Waals surface area (Å²) in [5, 5.41) is 9.49. The van der Waals surface area contributed by atoms with Crippen LogP contribution in [0.3, 0.4) is 0 Å². The zero-order chi connectivity index (χ0) is 12.3. The van der Waals surface area contributed by atoms with E-state index in [9.17, 15) is 9.90 Å². The van der Waals surface area contributed by atoms with Crippen LogP contribution in [0.15, 0.2) is 23.8 Å². The number of ketones is 1. The molecule has 1 unspecified atom stereocenters. The van der Waals surface area contributed by atoms with Gasteiger partial charge >= 0.3 is 0 Å². The normalized spacial score (nSPS) is 22.1. The predicted molar refractivity (Wildman–Crippen MR) is 66.2 cm³/mol. The van der Waals surface area contributed by atoms with E-state index >= 15 is 0 Å². The molecule has 0 aromatic carbocycles.